The molecule has 0 saturated heterocycles. The molecule has 2 N–H and O–H groups in total. The van der Waals surface area contributed by atoms with Crippen molar-refractivity contribution in [2.45, 2.75) is 40.2 Å². The third kappa shape index (κ3) is 9.90. The average molecular weight is 529 g/mol. The molecule has 0 fully saturated rings. The monoisotopic (exact) mass is 529 g/mol. The number of rotatable bonds is 9. The van der Waals surface area contributed by atoms with E-state index in [1.807, 2.05) is 27.7 Å². The van der Waals surface area contributed by atoms with Gasteiger partial charge in [-0.1, -0.05) is 19.9 Å². The second-order valence-electron chi connectivity index (χ2n) is 7.50. The number of sulfone groups is 1. The van der Waals surface area contributed by atoms with Crippen LogP contribution in [0.25, 0.3) is 0 Å². The van der Waals surface area contributed by atoms with Crippen LogP contribution < -0.4 is 15.4 Å². The van der Waals surface area contributed by atoms with Crippen LogP contribution in [-0.4, -0.2) is 46.6 Å². The molecular weight excluding hydrogens is 496 g/mol. The quantitative estimate of drug-likeness (QED) is 0.291. The van der Waals surface area contributed by atoms with Gasteiger partial charge in [0.2, 0.25) is 0 Å². The average Bonchev–Trinajstić information content (AvgIpc) is 2.57. The fraction of sp³-hybridized carbons (Fsp3) is 0.632. The van der Waals surface area contributed by atoms with E-state index in [-0.39, 0.29) is 46.9 Å². The first-order valence-corrected chi connectivity index (χ1v) is 11.1. The zero-order valence-electron chi connectivity index (χ0n) is 17.5. The van der Waals surface area contributed by atoms with E-state index in [1.165, 1.54) is 19.4 Å². The third-order valence-electron chi connectivity index (χ3n) is 4.19. The van der Waals surface area contributed by atoms with Crippen molar-refractivity contribution in [3.63, 3.8) is 0 Å². The molecule has 1 aromatic rings. The molecular formula is C19H33FIN3O3S. The Morgan fingerprint density at radius 2 is 2.00 bits per heavy atom. The number of ether oxygens (including phenoxy) is 1. The number of nitrogens with one attached hydrogen (secondary N) is 2. The minimum absolute atomic E-state index is 0. The molecule has 0 radical (unpaired) electrons. The number of aliphatic imine (C=N–C) groups is 1. The molecule has 162 valence electrons. The van der Waals surface area contributed by atoms with Crippen LogP contribution in [0.2, 0.25) is 0 Å². The van der Waals surface area contributed by atoms with Crippen molar-refractivity contribution < 1.29 is 17.5 Å². The zero-order valence-corrected chi connectivity index (χ0v) is 20.7. The highest BCUT2D eigenvalue weighted by Crippen LogP contribution is 2.23. The van der Waals surface area contributed by atoms with Crippen molar-refractivity contribution in [3.8, 4) is 5.75 Å². The van der Waals surface area contributed by atoms with Gasteiger partial charge < -0.3 is 15.4 Å². The van der Waals surface area contributed by atoms with Gasteiger partial charge in [-0.15, -0.1) is 24.0 Å². The summed E-state index contributed by atoms with van der Waals surface area (Å²) in [7, 11) is -1.56. The van der Waals surface area contributed by atoms with E-state index < -0.39 is 15.7 Å². The van der Waals surface area contributed by atoms with Gasteiger partial charge in [-0.2, -0.15) is 0 Å². The van der Waals surface area contributed by atoms with Crippen molar-refractivity contribution in [2.24, 2.45) is 10.4 Å². The summed E-state index contributed by atoms with van der Waals surface area (Å²) in [5, 5.41) is 6.42. The summed E-state index contributed by atoms with van der Waals surface area (Å²) in [4.78, 5) is 4.59. The van der Waals surface area contributed by atoms with Crippen LogP contribution in [0.5, 0.6) is 5.75 Å². The molecule has 0 aliphatic carbocycles. The molecule has 0 aliphatic rings. The van der Waals surface area contributed by atoms with E-state index in [0.29, 0.717) is 25.5 Å². The number of halogens is 2. The number of benzene rings is 1. The second-order valence-corrected chi connectivity index (χ2v) is 9.76. The Hall–Kier alpha value is -1.10. The second kappa shape index (κ2) is 11.8. The van der Waals surface area contributed by atoms with Crippen molar-refractivity contribution in [3.05, 3.63) is 29.6 Å². The summed E-state index contributed by atoms with van der Waals surface area (Å²) in [6.07, 6.45) is 1.78. The maximum atomic E-state index is 13.9. The molecule has 0 bridgehead atoms. The molecule has 9 heteroatoms. The van der Waals surface area contributed by atoms with Crippen molar-refractivity contribution in [1.82, 2.24) is 10.6 Å². The fourth-order valence-electron chi connectivity index (χ4n) is 2.39. The van der Waals surface area contributed by atoms with Crippen molar-refractivity contribution in [2.75, 3.05) is 32.2 Å². The summed E-state index contributed by atoms with van der Waals surface area (Å²) >= 11 is 0. The van der Waals surface area contributed by atoms with Gasteiger partial charge in [0.1, 0.15) is 9.84 Å². The van der Waals surface area contributed by atoms with Gasteiger partial charge in [-0.05, 0) is 43.4 Å². The van der Waals surface area contributed by atoms with E-state index >= 15 is 0 Å². The lowest BCUT2D eigenvalue weighted by atomic mass is 9.90. The van der Waals surface area contributed by atoms with Crippen LogP contribution in [0.3, 0.4) is 0 Å². The number of hydrogen-bond acceptors (Lipinski definition) is 4. The number of methoxy groups -OCH3 is 1. The van der Waals surface area contributed by atoms with E-state index in [1.54, 1.807) is 12.1 Å². The Bertz CT molecular complexity index is 755. The van der Waals surface area contributed by atoms with Crippen molar-refractivity contribution >= 4 is 39.8 Å². The van der Waals surface area contributed by atoms with Crippen LogP contribution in [0.4, 0.5) is 4.39 Å². The SMILES string of the molecule is CCNC(=NCC(C)(C)CCS(C)(=O)=O)NC(C)c1ccc(OC)c(F)c1.I. The first-order valence-electron chi connectivity index (χ1n) is 9.03. The smallest absolute Gasteiger partial charge is 0.191 e. The highest BCUT2D eigenvalue weighted by molar-refractivity contribution is 14.0. The Morgan fingerprint density at radius 3 is 2.50 bits per heavy atom. The maximum absolute atomic E-state index is 13.9. The van der Waals surface area contributed by atoms with Gasteiger partial charge in [0, 0.05) is 19.3 Å². The van der Waals surface area contributed by atoms with E-state index in [4.69, 9.17) is 4.74 Å². The highest BCUT2D eigenvalue weighted by atomic mass is 127. The molecule has 1 atom stereocenters. The summed E-state index contributed by atoms with van der Waals surface area (Å²) in [5.74, 6) is 0.543. The minimum atomic E-state index is -3.00. The first kappa shape index (κ1) is 26.9. The fourth-order valence-corrected chi connectivity index (χ4v) is 3.32. The van der Waals surface area contributed by atoms with Gasteiger partial charge >= 0.3 is 0 Å². The highest BCUT2D eigenvalue weighted by Gasteiger charge is 2.20. The van der Waals surface area contributed by atoms with Gasteiger partial charge in [-0.25, -0.2) is 12.8 Å². The molecule has 0 spiro atoms. The standard InChI is InChI=1S/C19H32FN3O3S.HI/c1-7-21-18(22-13-19(3,4)10-11-27(6,24)25)23-14(2)15-8-9-17(26-5)16(20)12-15;/h8-9,12,14H,7,10-11,13H2,1-6H3,(H2,21,22,23);1H. The maximum Gasteiger partial charge on any atom is 0.191 e. The van der Waals surface area contributed by atoms with E-state index in [2.05, 4.69) is 15.6 Å². The predicted molar refractivity (Wildman–Crippen MR) is 124 cm³/mol. The van der Waals surface area contributed by atoms with Gasteiger partial charge in [0.25, 0.3) is 0 Å². The number of guanidine groups is 1. The van der Waals surface area contributed by atoms with Crippen LogP contribution in [0, 0.1) is 11.2 Å². The Balaban J connectivity index is 0.00000729. The summed E-state index contributed by atoms with van der Waals surface area (Å²) in [6, 6.07) is 4.68. The number of nitrogens with zero attached hydrogens (tertiary/aromatic N) is 1. The number of hydrogen-bond donors (Lipinski definition) is 2. The van der Waals surface area contributed by atoms with Gasteiger partial charge in [0.05, 0.1) is 18.9 Å². The van der Waals surface area contributed by atoms with Crippen LogP contribution in [0.15, 0.2) is 23.2 Å². The lowest BCUT2D eigenvalue weighted by Gasteiger charge is -2.24. The van der Waals surface area contributed by atoms with Crippen LogP contribution in [0.1, 0.15) is 45.7 Å². The molecule has 1 unspecified atom stereocenters. The molecule has 28 heavy (non-hydrogen) atoms. The molecule has 1 aromatic carbocycles. The van der Waals surface area contributed by atoms with Crippen LogP contribution >= 0.6 is 24.0 Å². The molecule has 0 heterocycles. The Labute approximate surface area is 185 Å². The summed E-state index contributed by atoms with van der Waals surface area (Å²) in [6.45, 7) is 9.02. The zero-order chi connectivity index (χ0) is 20.7. The van der Waals surface area contributed by atoms with Gasteiger partial charge in [-0.3, -0.25) is 4.99 Å². The topological polar surface area (TPSA) is 79.8 Å². The normalized spacial score (nSPS) is 13.5. The molecule has 0 aliphatic heterocycles. The van der Waals surface area contributed by atoms with Gasteiger partial charge in [0.15, 0.2) is 17.5 Å². The lowest BCUT2D eigenvalue weighted by molar-refractivity contribution is 0.365. The Kier molecular flexibility index (Phi) is 11.3. The Morgan fingerprint density at radius 1 is 1.36 bits per heavy atom. The lowest BCUT2D eigenvalue weighted by Crippen LogP contribution is -2.39. The molecule has 6 nitrogen and oxygen atoms in total. The first-order chi connectivity index (χ1) is 12.5. The minimum Gasteiger partial charge on any atom is -0.494 e. The van der Waals surface area contributed by atoms with Crippen LogP contribution in [-0.2, 0) is 9.84 Å². The molecule has 1 rings (SSSR count). The summed E-state index contributed by atoms with van der Waals surface area (Å²) < 4.78 is 41.7. The third-order valence-corrected chi connectivity index (χ3v) is 5.13. The molecule has 0 amide bonds. The summed E-state index contributed by atoms with van der Waals surface area (Å²) in [5.41, 5.74) is 0.524. The molecule has 0 aromatic heterocycles. The predicted octanol–water partition coefficient (Wildman–Crippen LogP) is 3.53. The van der Waals surface area contributed by atoms with E-state index in [0.717, 1.165) is 5.56 Å². The van der Waals surface area contributed by atoms with E-state index in [9.17, 15) is 12.8 Å². The molecule has 0 saturated carbocycles. The van der Waals surface area contributed by atoms with Crippen molar-refractivity contribution in [1.29, 1.82) is 0 Å². The largest absolute Gasteiger partial charge is 0.494 e.